The number of nitrogens with zero attached hydrogens (tertiary/aromatic N) is 1. The minimum Gasteiger partial charge on any atom is -0.389 e. The van der Waals surface area contributed by atoms with Crippen LogP contribution < -0.4 is 0 Å². The van der Waals surface area contributed by atoms with E-state index in [9.17, 15) is 9.90 Å². The van der Waals surface area contributed by atoms with Crippen molar-refractivity contribution in [2.24, 2.45) is 0 Å². The monoisotopic (exact) mass is 301 g/mol. The highest BCUT2D eigenvalue weighted by molar-refractivity contribution is 6.34. The average molecular weight is 302 g/mol. The zero-order chi connectivity index (χ0) is 14.6. The van der Waals surface area contributed by atoms with Gasteiger partial charge in [0.05, 0.1) is 5.60 Å². The Morgan fingerprint density at radius 2 is 2.05 bits per heavy atom. The lowest BCUT2D eigenvalue weighted by Gasteiger charge is -2.24. The molecule has 19 heavy (non-hydrogen) atoms. The van der Waals surface area contributed by atoms with Gasteiger partial charge in [-0.2, -0.15) is 0 Å². The normalized spacial score (nSPS) is 11.9. The molecule has 0 bridgehead atoms. The van der Waals surface area contributed by atoms with Crippen molar-refractivity contribution < 1.29 is 9.90 Å². The van der Waals surface area contributed by atoms with Gasteiger partial charge in [0.15, 0.2) is 0 Å². The molecule has 0 heterocycles. The van der Waals surface area contributed by atoms with Crippen LogP contribution >= 0.6 is 23.2 Å². The first-order valence-corrected chi connectivity index (χ1v) is 6.55. The molecule has 1 rings (SSSR count). The molecule has 1 aromatic carbocycles. The number of likely N-dealkylation sites (N-methyl/N-ethyl adjacent to an activating group) is 1. The average Bonchev–Trinajstić information content (AvgIpc) is 2.27. The van der Waals surface area contributed by atoms with E-state index < -0.39 is 5.60 Å². The Labute approximate surface area is 123 Å². The zero-order valence-corrected chi connectivity index (χ0v) is 12.7. The maximum Gasteiger partial charge on any atom is 0.246 e. The van der Waals surface area contributed by atoms with Gasteiger partial charge in [-0.25, -0.2) is 0 Å². The predicted molar refractivity (Wildman–Crippen MR) is 79.4 cm³/mol. The van der Waals surface area contributed by atoms with E-state index in [2.05, 4.69) is 0 Å². The molecule has 5 heteroatoms. The van der Waals surface area contributed by atoms with Crippen LogP contribution in [0.4, 0.5) is 0 Å². The lowest BCUT2D eigenvalue weighted by Crippen LogP contribution is -2.38. The van der Waals surface area contributed by atoms with E-state index in [4.69, 9.17) is 23.2 Å². The van der Waals surface area contributed by atoms with Gasteiger partial charge in [-0.15, -0.1) is 0 Å². The SMILES string of the molecule is CN(CC(C)(C)O)C(=O)/C=C/c1cc(Cl)ccc1Cl. The number of carbonyl (C=O) groups excluding carboxylic acids is 1. The van der Waals surface area contributed by atoms with Crippen molar-refractivity contribution in [3.05, 3.63) is 39.9 Å². The second-order valence-electron chi connectivity index (χ2n) is 5.01. The number of rotatable bonds is 4. The summed E-state index contributed by atoms with van der Waals surface area (Å²) in [5, 5.41) is 10.7. The summed E-state index contributed by atoms with van der Waals surface area (Å²) in [6.07, 6.45) is 3.01. The second-order valence-corrected chi connectivity index (χ2v) is 5.85. The molecule has 0 unspecified atom stereocenters. The standard InChI is InChI=1S/C14H17Cl2NO2/c1-14(2,19)9-17(3)13(18)7-4-10-8-11(15)5-6-12(10)16/h4-8,19H,9H2,1-3H3/b7-4+. The molecule has 0 saturated heterocycles. The van der Waals surface area contributed by atoms with E-state index in [0.29, 0.717) is 15.6 Å². The third-order valence-electron chi connectivity index (χ3n) is 2.36. The van der Waals surface area contributed by atoms with Crippen LogP contribution in [0.5, 0.6) is 0 Å². The minimum atomic E-state index is -0.925. The summed E-state index contributed by atoms with van der Waals surface area (Å²) < 4.78 is 0. The molecule has 1 aromatic rings. The number of aliphatic hydroxyl groups is 1. The quantitative estimate of drug-likeness (QED) is 0.867. The van der Waals surface area contributed by atoms with Gasteiger partial charge in [0.1, 0.15) is 0 Å². The topological polar surface area (TPSA) is 40.5 Å². The van der Waals surface area contributed by atoms with E-state index in [1.807, 2.05) is 0 Å². The Morgan fingerprint density at radius 1 is 1.42 bits per heavy atom. The van der Waals surface area contributed by atoms with Crippen molar-refractivity contribution in [2.45, 2.75) is 19.4 Å². The third-order valence-corrected chi connectivity index (χ3v) is 2.94. The van der Waals surface area contributed by atoms with Crippen LogP contribution in [-0.4, -0.2) is 35.1 Å². The first-order chi connectivity index (χ1) is 8.69. The van der Waals surface area contributed by atoms with Crippen molar-refractivity contribution in [1.82, 2.24) is 4.90 Å². The maximum absolute atomic E-state index is 11.8. The van der Waals surface area contributed by atoms with Gasteiger partial charge in [0.2, 0.25) is 5.91 Å². The van der Waals surface area contributed by atoms with Gasteiger partial charge in [-0.05, 0) is 43.7 Å². The minimum absolute atomic E-state index is 0.210. The van der Waals surface area contributed by atoms with Crippen LogP contribution in [-0.2, 0) is 4.79 Å². The Bertz CT molecular complexity index is 493. The number of hydrogen-bond donors (Lipinski definition) is 1. The van der Waals surface area contributed by atoms with E-state index in [1.165, 1.54) is 11.0 Å². The van der Waals surface area contributed by atoms with Crippen molar-refractivity contribution in [3.8, 4) is 0 Å². The van der Waals surface area contributed by atoms with Crippen molar-refractivity contribution >= 4 is 35.2 Å². The van der Waals surface area contributed by atoms with E-state index in [-0.39, 0.29) is 12.5 Å². The molecule has 0 aliphatic heterocycles. The summed E-state index contributed by atoms with van der Waals surface area (Å²) in [4.78, 5) is 13.3. The zero-order valence-electron chi connectivity index (χ0n) is 11.2. The molecule has 3 nitrogen and oxygen atoms in total. The van der Waals surface area contributed by atoms with E-state index in [1.54, 1.807) is 45.2 Å². The van der Waals surface area contributed by atoms with Gasteiger partial charge in [0.25, 0.3) is 0 Å². The number of halogens is 2. The Balaban J connectivity index is 2.76. The summed E-state index contributed by atoms with van der Waals surface area (Å²) in [6, 6.07) is 5.04. The Kier molecular flexibility index (Phi) is 5.41. The first-order valence-electron chi connectivity index (χ1n) is 5.80. The molecule has 104 valence electrons. The van der Waals surface area contributed by atoms with Crippen LogP contribution in [0.3, 0.4) is 0 Å². The number of amides is 1. The molecule has 0 aromatic heterocycles. The summed E-state index contributed by atoms with van der Waals surface area (Å²) in [5.41, 5.74) is -0.245. The molecular weight excluding hydrogens is 285 g/mol. The molecule has 0 aliphatic rings. The molecule has 0 fully saturated rings. The molecule has 1 N–H and O–H groups in total. The number of hydrogen-bond acceptors (Lipinski definition) is 2. The van der Waals surface area contributed by atoms with Gasteiger partial charge in [-0.1, -0.05) is 23.2 Å². The first kappa shape index (κ1) is 16.0. The fourth-order valence-corrected chi connectivity index (χ4v) is 1.95. The molecule has 0 spiro atoms. The highest BCUT2D eigenvalue weighted by Gasteiger charge is 2.17. The highest BCUT2D eigenvalue weighted by atomic mass is 35.5. The van der Waals surface area contributed by atoms with E-state index >= 15 is 0 Å². The van der Waals surface area contributed by atoms with Gasteiger partial charge in [0, 0.05) is 29.7 Å². The van der Waals surface area contributed by atoms with Crippen LogP contribution in [0.1, 0.15) is 19.4 Å². The summed E-state index contributed by atoms with van der Waals surface area (Å²) in [6.45, 7) is 3.54. The molecular formula is C14H17Cl2NO2. The molecule has 0 radical (unpaired) electrons. The van der Waals surface area contributed by atoms with Gasteiger partial charge < -0.3 is 10.0 Å². The fourth-order valence-electron chi connectivity index (χ4n) is 1.59. The molecule has 0 saturated carbocycles. The third kappa shape index (κ3) is 5.64. The Morgan fingerprint density at radius 3 is 2.63 bits per heavy atom. The number of benzene rings is 1. The maximum atomic E-state index is 11.8. The smallest absolute Gasteiger partial charge is 0.246 e. The molecule has 1 amide bonds. The largest absolute Gasteiger partial charge is 0.389 e. The van der Waals surface area contributed by atoms with Gasteiger partial charge >= 0.3 is 0 Å². The summed E-state index contributed by atoms with van der Waals surface area (Å²) in [5.74, 6) is -0.210. The van der Waals surface area contributed by atoms with E-state index in [0.717, 1.165) is 0 Å². The van der Waals surface area contributed by atoms with Crippen molar-refractivity contribution in [2.75, 3.05) is 13.6 Å². The van der Waals surface area contributed by atoms with Crippen LogP contribution in [0.25, 0.3) is 6.08 Å². The summed E-state index contributed by atoms with van der Waals surface area (Å²) in [7, 11) is 1.63. The van der Waals surface area contributed by atoms with Crippen LogP contribution in [0.15, 0.2) is 24.3 Å². The fraction of sp³-hybridized carbons (Fsp3) is 0.357. The number of carbonyl (C=O) groups is 1. The second kappa shape index (κ2) is 6.42. The predicted octanol–water partition coefficient (Wildman–Crippen LogP) is 3.24. The van der Waals surface area contributed by atoms with Crippen molar-refractivity contribution in [3.63, 3.8) is 0 Å². The molecule has 0 aliphatic carbocycles. The lowest BCUT2D eigenvalue weighted by atomic mass is 10.1. The van der Waals surface area contributed by atoms with Crippen molar-refractivity contribution in [1.29, 1.82) is 0 Å². The lowest BCUT2D eigenvalue weighted by molar-refractivity contribution is -0.127. The van der Waals surface area contributed by atoms with Gasteiger partial charge in [-0.3, -0.25) is 4.79 Å². The van der Waals surface area contributed by atoms with Crippen LogP contribution in [0, 0.1) is 0 Å². The highest BCUT2D eigenvalue weighted by Crippen LogP contribution is 2.21. The summed E-state index contributed by atoms with van der Waals surface area (Å²) >= 11 is 11.9. The van der Waals surface area contributed by atoms with Crippen LogP contribution in [0.2, 0.25) is 10.0 Å². The Hall–Kier alpha value is -1.03. The molecule has 0 atom stereocenters.